The lowest BCUT2D eigenvalue weighted by molar-refractivity contribution is -0.113. The van der Waals surface area contributed by atoms with Crippen molar-refractivity contribution in [3.63, 3.8) is 0 Å². The number of aryl methyl sites for hydroxylation is 1. The van der Waals surface area contributed by atoms with Crippen molar-refractivity contribution in [2.45, 2.75) is 50.7 Å². The third-order valence-electron chi connectivity index (χ3n) is 4.58. The van der Waals surface area contributed by atoms with Crippen molar-refractivity contribution in [1.82, 2.24) is 9.55 Å². The van der Waals surface area contributed by atoms with Gasteiger partial charge in [0.2, 0.25) is 5.91 Å². The molecule has 0 spiro atoms. The summed E-state index contributed by atoms with van der Waals surface area (Å²) in [5.41, 5.74) is 2.89. The van der Waals surface area contributed by atoms with E-state index in [-0.39, 0.29) is 5.91 Å². The van der Waals surface area contributed by atoms with E-state index in [1.807, 2.05) is 6.92 Å². The summed E-state index contributed by atoms with van der Waals surface area (Å²) in [5.74, 6) is 0.225. The molecule has 25 heavy (non-hydrogen) atoms. The normalized spacial score (nSPS) is 14.9. The molecule has 0 radical (unpaired) electrons. The van der Waals surface area contributed by atoms with Gasteiger partial charge in [-0.05, 0) is 44.9 Å². The van der Waals surface area contributed by atoms with Crippen LogP contribution in [0.2, 0.25) is 10.0 Å². The van der Waals surface area contributed by atoms with E-state index in [2.05, 4.69) is 21.8 Å². The predicted molar refractivity (Wildman–Crippen MR) is 105 cm³/mol. The average molecular weight is 398 g/mol. The molecule has 7 heteroatoms. The molecular formula is C18H21Cl2N3OS. The Kier molecular flexibility index (Phi) is 5.97. The summed E-state index contributed by atoms with van der Waals surface area (Å²) in [6.45, 7) is 4.14. The number of carbonyl (C=O) groups is 1. The van der Waals surface area contributed by atoms with Crippen LogP contribution in [0.4, 0.5) is 5.69 Å². The fourth-order valence-electron chi connectivity index (χ4n) is 3.19. The fourth-order valence-corrected chi connectivity index (χ4v) is 4.45. The lowest BCUT2D eigenvalue weighted by atomic mass is 10.2. The topological polar surface area (TPSA) is 46.9 Å². The number of benzene rings is 1. The standard InChI is InChI=1S/C18H21Cl2N3OS/c1-11-12(2)23(14-5-3-4-6-14)18(21-11)25-10-17(24)22-13-7-8-15(19)16(20)9-13/h7-9,14H,3-6,10H2,1-2H3,(H,22,24). The van der Waals surface area contributed by atoms with Crippen LogP contribution in [0, 0.1) is 13.8 Å². The number of halogens is 2. The number of anilines is 1. The monoisotopic (exact) mass is 397 g/mol. The van der Waals surface area contributed by atoms with Gasteiger partial charge in [-0.1, -0.05) is 47.8 Å². The Morgan fingerprint density at radius 1 is 1.28 bits per heavy atom. The summed E-state index contributed by atoms with van der Waals surface area (Å²) in [4.78, 5) is 16.9. The van der Waals surface area contributed by atoms with E-state index < -0.39 is 0 Å². The zero-order valence-corrected chi connectivity index (χ0v) is 16.6. The molecule has 1 aliphatic rings. The number of rotatable bonds is 5. The summed E-state index contributed by atoms with van der Waals surface area (Å²) >= 11 is 13.4. The number of thioether (sulfide) groups is 1. The number of aromatic nitrogens is 2. The van der Waals surface area contributed by atoms with Crippen molar-refractivity contribution in [1.29, 1.82) is 0 Å². The predicted octanol–water partition coefficient (Wildman–Crippen LogP) is 5.65. The van der Waals surface area contributed by atoms with E-state index in [1.165, 1.54) is 43.1 Å². The first kappa shape index (κ1) is 18.6. The zero-order valence-electron chi connectivity index (χ0n) is 14.3. The maximum Gasteiger partial charge on any atom is 0.234 e. The van der Waals surface area contributed by atoms with Gasteiger partial charge >= 0.3 is 0 Å². The largest absolute Gasteiger partial charge is 0.325 e. The number of amides is 1. The van der Waals surface area contributed by atoms with E-state index in [0.717, 1.165) is 10.9 Å². The lowest BCUT2D eigenvalue weighted by Crippen LogP contribution is -2.15. The molecule has 1 heterocycles. The minimum Gasteiger partial charge on any atom is -0.325 e. The Morgan fingerprint density at radius 3 is 2.68 bits per heavy atom. The maximum absolute atomic E-state index is 12.3. The number of hydrogen-bond acceptors (Lipinski definition) is 3. The van der Waals surface area contributed by atoms with Crippen LogP contribution in [0.3, 0.4) is 0 Å². The molecule has 0 aliphatic heterocycles. The summed E-state index contributed by atoms with van der Waals surface area (Å²) < 4.78 is 2.32. The number of carbonyl (C=O) groups excluding carboxylic acids is 1. The molecule has 0 saturated heterocycles. The van der Waals surface area contributed by atoms with Crippen LogP contribution in [0.15, 0.2) is 23.4 Å². The molecule has 3 rings (SSSR count). The van der Waals surface area contributed by atoms with Crippen molar-refractivity contribution >= 4 is 46.6 Å². The van der Waals surface area contributed by atoms with Gasteiger partial charge in [-0.2, -0.15) is 0 Å². The van der Waals surface area contributed by atoms with Crippen molar-refractivity contribution < 1.29 is 4.79 Å². The molecule has 1 N–H and O–H groups in total. The van der Waals surface area contributed by atoms with Gasteiger partial charge in [0.25, 0.3) is 0 Å². The van der Waals surface area contributed by atoms with Gasteiger partial charge in [0.05, 0.1) is 21.5 Å². The van der Waals surface area contributed by atoms with E-state index in [9.17, 15) is 4.79 Å². The van der Waals surface area contributed by atoms with Gasteiger partial charge in [0, 0.05) is 17.4 Å². The molecule has 1 fully saturated rings. The Hall–Kier alpha value is -1.17. The number of nitrogens with one attached hydrogen (secondary N) is 1. The second-order valence-electron chi connectivity index (χ2n) is 6.34. The summed E-state index contributed by atoms with van der Waals surface area (Å²) in [6.07, 6.45) is 4.92. The highest BCUT2D eigenvalue weighted by atomic mass is 35.5. The van der Waals surface area contributed by atoms with Gasteiger partial charge in [-0.25, -0.2) is 4.98 Å². The first-order valence-corrected chi connectivity index (χ1v) is 10.1. The van der Waals surface area contributed by atoms with Crippen LogP contribution >= 0.6 is 35.0 Å². The Balaban J connectivity index is 1.65. The van der Waals surface area contributed by atoms with E-state index in [0.29, 0.717) is 27.5 Å². The Bertz CT molecular complexity index is 785. The highest BCUT2D eigenvalue weighted by molar-refractivity contribution is 7.99. The van der Waals surface area contributed by atoms with E-state index in [4.69, 9.17) is 23.2 Å². The quantitative estimate of drug-likeness (QED) is 0.662. The molecule has 1 saturated carbocycles. The van der Waals surface area contributed by atoms with E-state index >= 15 is 0 Å². The zero-order chi connectivity index (χ0) is 18.0. The van der Waals surface area contributed by atoms with Gasteiger partial charge in [0.15, 0.2) is 5.16 Å². The SMILES string of the molecule is Cc1nc(SCC(=O)Nc2ccc(Cl)c(Cl)c2)n(C2CCCC2)c1C. The van der Waals surface area contributed by atoms with Gasteiger partial charge in [0.1, 0.15) is 0 Å². The van der Waals surface area contributed by atoms with Gasteiger partial charge < -0.3 is 9.88 Å². The first-order valence-electron chi connectivity index (χ1n) is 8.39. The summed E-state index contributed by atoms with van der Waals surface area (Å²) in [6, 6.07) is 5.58. The molecule has 4 nitrogen and oxygen atoms in total. The maximum atomic E-state index is 12.3. The second kappa shape index (κ2) is 8.02. The first-order chi connectivity index (χ1) is 12.0. The lowest BCUT2D eigenvalue weighted by Gasteiger charge is -2.16. The smallest absolute Gasteiger partial charge is 0.234 e. The molecule has 1 amide bonds. The van der Waals surface area contributed by atoms with Crippen LogP contribution in [0.5, 0.6) is 0 Å². The number of imidazole rings is 1. The highest BCUT2D eigenvalue weighted by Crippen LogP contribution is 2.35. The van der Waals surface area contributed by atoms with Crippen molar-refractivity contribution in [3.8, 4) is 0 Å². The van der Waals surface area contributed by atoms with Gasteiger partial charge in [-0.15, -0.1) is 0 Å². The Morgan fingerprint density at radius 2 is 2.00 bits per heavy atom. The van der Waals surface area contributed by atoms with Gasteiger partial charge in [-0.3, -0.25) is 4.79 Å². The summed E-state index contributed by atoms with van der Waals surface area (Å²) in [5, 5.41) is 4.68. The highest BCUT2D eigenvalue weighted by Gasteiger charge is 2.23. The molecule has 1 aliphatic carbocycles. The van der Waals surface area contributed by atoms with Crippen LogP contribution in [-0.2, 0) is 4.79 Å². The van der Waals surface area contributed by atoms with Crippen molar-refractivity contribution in [2.24, 2.45) is 0 Å². The van der Waals surface area contributed by atoms with Crippen molar-refractivity contribution in [2.75, 3.05) is 11.1 Å². The third kappa shape index (κ3) is 4.33. The van der Waals surface area contributed by atoms with Crippen molar-refractivity contribution in [3.05, 3.63) is 39.6 Å². The minimum atomic E-state index is -0.0836. The number of nitrogens with zero attached hydrogens (tertiary/aromatic N) is 2. The van der Waals surface area contributed by atoms with Crippen LogP contribution in [0.1, 0.15) is 43.1 Å². The third-order valence-corrected chi connectivity index (χ3v) is 6.27. The average Bonchev–Trinajstić information content (AvgIpc) is 3.18. The molecule has 0 atom stereocenters. The molecule has 2 aromatic rings. The Labute approximate surface area is 162 Å². The molecule has 0 bridgehead atoms. The second-order valence-corrected chi connectivity index (χ2v) is 8.10. The summed E-state index contributed by atoms with van der Waals surface area (Å²) in [7, 11) is 0. The fraction of sp³-hybridized carbons (Fsp3) is 0.444. The molecule has 1 aromatic heterocycles. The molecular weight excluding hydrogens is 377 g/mol. The van der Waals surface area contributed by atoms with Crippen LogP contribution < -0.4 is 5.32 Å². The number of hydrogen-bond donors (Lipinski definition) is 1. The minimum absolute atomic E-state index is 0.0836. The molecule has 1 aromatic carbocycles. The molecule has 0 unspecified atom stereocenters. The molecule has 134 valence electrons. The van der Waals surface area contributed by atoms with Crippen LogP contribution in [0.25, 0.3) is 0 Å². The van der Waals surface area contributed by atoms with E-state index in [1.54, 1.807) is 18.2 Å². The van der Waals surface area contributed by atoms with Crippen LogP contribution in [-0.4, -0.2) is 21.2 Å².